The van der Waals surface area contributed by atoms with Gasteiger partial charge in [-0.25, -0.2) is 13.1 Å². The minimum atomic E-state index is -3.48. The fraction of sp³-hybridized carbons (Fsp3) is 0.500. The van der Waals surface area contributed by atoms with Crippen LogP contribution in [0.25, 0.3) is 0 Å². The van der Waals surface area contributed by atoms with Gasteiger partial charge in [-0.2, -0.15) is 0 Å². The first-order chi connectivity index (χ1) is 8.40. The number of halogens is 1. The van der Waals surface area contributed by atoms with E-state index in [2.05, 4.69) is 4.72 Å². The van der Waals surface area contributed by atoms with E-state index < -0.39 is 10.0 Å². The SMILES string of the molecule is Cc1cc(S(=O)(=O)NCCC2CC2)cc(N)c1Cl. The van der Waals surface area contributed by atoms with Crippen molar-refractivity contribution in [2.45, 2.75) is 31.1 Å². The molecular weight excluding hydrogens is 272 g/mol. The molecule has 2 rings (SSSR count). The summed E-state index contributed by atoms with van der Waals surface area (Å²) in [6.07, 6.45) is 3.34. The van der Waals surface area contributed by atoms with Crippen molar-refractivity contribution in [1.29, 1.82) is 0 Å². The summed E-state index contributed by atoms with van der Waals surface area (Å²) in [5.74, 6) is 0.699. The van der Waals surface area contributed by atoms with Crippen molar-refractivity contribution in [2.24, 2.45) is 5.92 Å². The van der Waals surface area contributed by atoms with E-state index in [1.165, 1.54) is 25.0 Å². The normalized spacial score (nSPS) is 15.9. The van der Waals surface area contributed by atoms with E-state index in [9.17, 15) is 8.42 Å². The third kappa shape index (κ3) is 3.16. The Balaban J connectivity index is 2.12. The van der Waals surface area contributed by atoms with E-state index in [1.54, 1.807) is 6.92 Å². The lowest BCUT2D eigenvalue weighted by Gasteiger charge is -2.09. The summed E-state index contributed by atoms with van der Waals surface area (Å²) in [6.45, 7) is 2.22. The van der Waals surface area contributed by atoms with Crippen LogP contribution in [0.3, 0.4) is 0 Å². The van der Waals surface area contributed by atoms with Gasteiger partial charge in [0.1, 0.15) is 0 Å². The summed E-state index contributed by atoms with van der Waals surface area (Å²) in [4.78, 5) is 0.178. The standard InChI is InChI=1S/C12H17ClN2O2S/c1-8-6-10(7-11(14)12(8)13)18(16,17)15-5-4-9-2-3-9/h6-7,9,15H,2-5,14H2,1H3. The van der Waals surface area contributed by atoms with E-state index in [1.807, 2.05) is 0 Å². The molecule has 0 amide bonds. The Kier molecular flexibility index (Phi) is 3.84. The third-order valence-electron chi connectivity index (χ3n) is 3.11. The zero-order chi connectivity index (χ0) is 13.3. The Bertz CT molecular complexity index is 530. The van der Waals surface area contributed by atoms with Crippen LogP contribution in [-0.4, -0.2) is 15.0 Å². The molecule has 18 heavy (non-hydrogen) atoms. The highest BCUT2D eigenvalue weighted by atomic mass is 35.5. The van der Waals surface area contributed by atoms with E-state index >= 15 is 0 Å². The number of hydrogen-bond acceptors (Lipinski definition) is 3. The zero-order valence-electron chi connectivity index (χ0n) is 10.2. The molecule has 0 saturated heterocycles. The fourth-order valence-electron chi connectivity index (χ4n) is 1.81. The predicted octanol–water partition coefficient (Wildman–Crippen LogP) is 2.31. The number of anilines is 1. The average molecular weight is 289 g/mol. The highest BCUT2D eigenvalue weighted by Gasteiger charge is 2.22. The molecule has 6 heteroatoms. The van der Waals surface area contributed by atoms with Crippen LogP contribution in [0.15, 0.2) is 17.0 Å². The van der Waals surface area contributed by atoms with Crippen LogP contribution in [0.2, 0.25) is 5.02 Å². The summed E-state index contributed by atoms with van der Waals surface area (Å²) >= 11 is 5.91. The van der Waals surface area contributed by atoms with Crippen molar-refractivity contribution < 1.29 is 8.42 Å². The van der Waals surface area contributed by atoms with Gasteiger partial charge in [0.05, 0.1) is 15.6 Å². The molecule has 0 atom stereocenters. The average Bonchev–Trinajstić information content (AvgIpc) is 3.09. The van der Waals surface area contributed by atoms with E-state index in [4.69, 9.17) is 17.3 Å². The lowest BCUT2D eigenvalue weighted by molar-refractivity contribution is 0.575. The molecule has 0 aliphatic heterocycles. The highest BCUT2D eigenvalue weighted by molar-refractivity contribution is 7.89. The molecule has 100 valence electrons. The smallest absolute Gasteiger partial charge is 0.240 e. The van der Waals surface area contributed by atoms with Gasteiger partial charge in [-0.3, -0.25) is 0 Å². The largest absolute Gasteiger partial charge is 0.397 e. The third-order valence-corrected chi connectivity index (χ3v) is 5.06. The second-order valence-electron chi connectivity index (χ2n) is 4.77. The van der Waals surface area contributed by atoms with Gasteiger partial charge in [-0.15, -0.1) is 0 Å². The summed E-state index contributed by atoms with van der Waals surface area (Å²) in [5, 5.41) is 0.409. The number of hydrogen-bond donors (Lipinski definition) is 2. The van der Waals surface area contributed by atoms with Gasteiger partial charge in [-0.1, -0.05) is 24.4 Å². The first kappa shape index (κ1) is 13.6. The van der Waals surface area contributed by atoms with E-state index in [0.717, 1.165) is 6.42 Å². The second-order valence-corrected chi connectivity index (χ2v) is 6.92. The number of nitrogens with one attached hydrogen (secondary N) is 1. The molecule has 0 aromatic heterocycles. The minimum Gasteiger partial charge on any atom is -0.397 e. The van der Waals surface area contributed by atoms with Crippen molar-refractivity contribution in [3.63, 3.8) is 0 Å². The highest BCUT2D eigenvalue weighted by Crippen LogP contribution is 2.32. The van der Waals surface area contributed by atoms with Crippen molar-refractivity contribution in [2.75, 3.05) is 12.3 Å². The first-order valence-electron chi connectivity index (χ1n) is 5.95. The molecule has 1 aliphatic carbocycles. The van der Waals surface area contributed by atoms with Crippen LogP contribution in [0.4, 0.5) is 5.69 Å². The molecule has 1 aliphatic rings. The maximum Gasteiger partial charge on any atom is 0.240 e. The minimum absolute atomic E-state index is 0.178. The summed E-state index contributed by atoms with van der Waals surface area (Å²) < 4.78 is 26.7. The molecule has 0 heterocycles. The maximum atomic E-state index is 12.0. The molecule has 0 radical (unpaired) electrons. The quantitative estimate of drug-likeness (QED) is 0.817. The summed E-state index contributed by atoms with van der Waals surface area (Å²) in [5.41, 5.74) is 6.64. The molecule has 0 spiro atoms. The monoisotopic (exact) mass is 288 g/mol. The second kappa shape index (κ2) is 5.07. The lowest BCUT2D eigenvalue weighted by Crippen LogP contribution is -2.25. The van der Waals surface area contributed by atoms with Gasteiger partial charge >= 0.3 is 0 Å². The van der Waals surface area contributed by atoms with Gasteiger partial charge in [-0.05, 0) is 37.0 Å². The zero-order valence-corrected chi connectivity index (χ0v) is 11.8. The van der Waals surface area contributed by atoms with Crippen LogP contribution >= 0.6 is 11.6 Å². The van der Waals surface area contributed by atoms with Crippen molar-refractivity contribution in [3.8, 4) is 0 Å². The van der Waals surface area contributed by atoms with Crippen LogP contribution in [0.5, 0.6) is 0 Å². The van der Waals surface area contributed by atoms with Crippen LogP contribution < -0.4 is 10.5 Å². The number of aryl methyl sites for hydroxylation is 1. The maximum absolute atomic E-state index is 12.0. The Morgan fingerprint density at radius 2 is 2.11 bits per heavy atom. The Hall–Kier alpha value is -0.780. The first-order valence-corrected chi connectivity index (χ1v) is 7.81. The number of nitrogens with two attached hydrogens (primary N) is 1. The van der Waals surface area contributed by atoms with Gasteiger partial charge in [0, 0.05) is 6.54 Å². The number of sulfonamides is 1. The van der Waals surface area contributed by atoms with Gasteiger partial charge in [0.15, 0.2) is 0 Å². The van der Waals surface area contributed by atoms with Crippen molar-refractivity contribution >= 4 is 27.3 Å². The number of benzene rings is 1. The van der Waals surface area contributed by atoms with Crippen molar-refractivity contribution in [3.05, 3.63) is 22.7 Å². The Morgan fingerprint density at radius 3 is 2.67 bits per heavy atom. The molecule has 1 saturated carbocycles. The molecule has 1 fully saturated rings. The predicted molar refractivity (Wildman–Crippen MR) is 73.1 cm³/mol. The molecular formula is C12H17ClN2O2S. The van der Waals surface area contributed by atoms with Crippen LogP contribution in [-0.2, 0) is 10.0 Å². The fourth-order valence-corrected chi connectivity index (χ4v) is 3.08. The lowest BCUT2D eigenvalue weighted by atomic mass is 10.2. The Morgan fingerprint density at radius 1 is 1.44 bits per heavy atom. The van der Waals surface area contributed by atoms with Crippen LogP contribution in [0.1, 0.15) is 24.8 Å². The number of nitrogen functional groups attached to an aromatic ring is 1. The molecule has 1 aromatic rings. The van der Waals surface area contributed by atoms with E-state index in [0.29, 0.717) is 28.7 Å². The van der Waals surface area contributed by atoms with Crippen molar-refractivity contribution in [1.82, 2.24) is 4.72 Å². The Labute approximate surface area is 113 Å². The summed E-state index contributed by atoms with van der Waals surface area (Å²) in [6, 6.07) is 2.94. The molecule has 4 nitrogen and oxygen atoms in total. The van der Waals surface area contributed by atoms with Gasteiger partial charge in [0.2, 0.25) is 10.0 Å². The molecule has 0 bridgehead atoms. The number of rotatable bonds is 5. The molecule has 1 aromatic carbocycles. The van der Waals surface area contributed by atoms with E-state index in [-0.39, 0.29) is 4.90 Å². The van der Waals surface area contributed by atoms with Gasteiger partial charge < -0.3 is 5.73 Å². The van der Waals surface area contributed by atoms with Gasteiger partial charge in [0.25, 0.3) is 0 Å². The molecule has 0 unspecified atom stereocenters. The van der Waals surface area contributed by atoms with Crippen LogP contribution in [0, 0.1) is 12.8 Å². The summed E-state index contributed by atoms with van der Waals surface area (Å²) in [7, 11) is -3.48. The molecule has 3 N–H and O–H groups in total. The topological polar surface area (TPSA) is 72.2 Å².